The number of thiophene rings is 1. The van der Waals surface area contributed by atoms with E-state index in [0.717, 1.165) is 23.8 Å². The van der Waals surface area contributed by atoms with Crippen molar-refractivity contribution in [2.45, 2.75) is 50.8 Å². The summed E-state index contributed by atoms with van der Waals surface area (Å²) < 4.78 is 32.4. The molecule has 0 aliphatic carbocycles. The zero-order valence-electron chi connectivity index (χ0n) is 17.7. The predicted molar refractivity (Wildman–Crippen MR) is 129 cm³/mol. The largest absolute Gasteiger partial charge is 0.377 e. The lowest BCUT2D eigenvalue weighted by Crippen LogP contribution is -2.40. The molecule has 0 amide bonds. The summed E-state index contributed by atoms with van der Waals surface area (Å²) in [5.74, 6) is 0.732. The molecule has 7 nitrogen and oxygen atoms in total. The lowest BCUT2D eigenvalue weighted by Gasteiger charge is -2.21. The molecule has 0 fully saturated rings. The second-order valence-electron chi connectivity index (χ2n) is 6.65. The van der Waals surface area contributed by atoms with Crippen molar-refractivity contribution in [2.75, 3.05) is 39.8 Å². The summed E-state index contributed by atoms with van der Waals surface area (Å²) in [6.45, 7) is 12.6. The quantitative estimate of drug-likeness (QED) is 0.254. The van der Waals surface area contributed by atoms with Crippen molar-refractivity contribution in [3.05, 3.63) is 17.0 Å². The highest BCUT2D eigenvalue weighted by molar-refractivity contribution is 14.0. The molecule has 0 saturated carbocycles. The normalized spacial score (nSPS) is 12.8. The van der Waals surface area contributed by atoms with E-state index in [4.69, 9.17) is 4.74 Å². The van der Waals surface area contributed by atoms with Crippen LogP contribution in [0.5, 0.6) is 0 Å². The lowest BCUT2D eigenvalue weighted by molar-refractivity contribution is 0.0310. The van der Waals surface area contributed by atoms with Gasteiger partial charge in [-0.2, -0.15) is 4.31 Å². The monoisotopic (exact) mass is 546 g/mol. The molecule has 0 atom stereocenters. The number of ether oxygens (including phenoxy) is 1. The van der Waals surface area contributed by atoms with Gasteiger partial charge in [0.1, 0.15) is 4.21 Å². The van der Waals surface area contributed by atoms with Gasteiger partial charge in [0, 0.05) is 38.2 Å². The Labute approximate surface area is 191 Å². The molecule has 164 valence electrons. The van der Waals surface area contributed by atoms with Crippen molar-refractivity contribution in [2.24, 2.45) is 4.99 Å². The molecule has 1 rings (SSSR count). The minimum absolute atomic E-state index is 0. The molecule has 0 unspecified atom stereocenters. The van der Waals surface area contributed by atoms with Crippen LogP contribution in [0, 0.1) is 0 Å². The maximum atomic E-state index is 12.6. The predicted octanol–water partition coefficient (Wildman–Crippen LogP) is 2.92. The fourth-order valence-electron chi connectivity index (χ4n) is 2.30. The standard InChI is InChI=1S/C18H34N4O3S2.HI/c1-7-19-17(21-14-18(4,5)25-6)20-13-12-15-10-11-16(26-15)27(23,24)22(8-2)9-3;/h10-11H,7-9,12-14H2,1-6H3,(H2,19,20,21);1H. The van der Waals surface area contributed by atoms with Crippen molar-refractivity contribution in [3.63, 3.8) is 0 Å². The SMILES string of the molecule is CCNC(=NCC(C)(C)OC)NCCc1ccc(S(=O)(=O)N(CC)CC)s1.I. The van der Waals surface area contributed by atoms with Gasteiger partial charge in [0.25, 0.3) is 10.0 Å². The van der Waals surface area contributed by atoms with Crippen molar-refractivity contribution in [1.29, 1.82) is 0 Å². The zero-order valence-corrected chi connectivity index (χ0v) is 21.7. The van der Waals surface area contributed by atoms with E-state index in [2.05, 4.69) is 15.6 Å². The first-order chi connectivity index (χ1) is 12.7. The molecule has 2 N–H and O–H groups in total. The van der Waals surface area contributed by atoms with Crippen LogP contribution in [0.25, 0.3) is 0 Å². The maximum absolute atomic E-state index is 12.6. The minimum Gasteiger partial charge on any atom is -0.377 e. The number of halogens is 1. The number of hydrogen-bond acceptors (Lipinski definition) is 5. The fourth-order valence-corrected chi connectivity index (χ4v) is 5.27. The summed E-state index contributed by atoms with van der Waals surface area (Å²) >= 11 is 1.34. The van der Waals surface area contributed by atoms with E-state index in [0.29, 0.717) is 30.4 Å². The molecule has 28 heavy (non-hydrogen) atoms. The summed E-state index contributed by atoms with van der Waals surface area (Å²) in [5.41, 5.74) is -0.316. The Morgan fingerprint density at radius 2 is 1.86 bits per heavy atom. The number of aliphatic imine (C=N–C) groups is 1. The first-order valence-electron chi connectivity index (χ1n) is 9.36. The Morgan fingerprint density at radius 1 is 1.21 bits per heavy atom. The van der Waals surface area contributed by atoms with E-state index < -0.39 is 10.0 Å². The molecule has 1 aromatic rings. The molecular formula is C18H35IN4O3S2. The summed E-state index contributed by atoms with van der Waals surface area (Å²) in [6.07, 6.45) is 0.733. The van der Waals surface area contributed by atoms with Crippen molar-refractivity contribution >= 4 is 51.3 Å². The fraction of sp³-hybridized carbons (Fsp3) is 0.722. The smallest absolute Gasteiger partial charge is 0.252 e. The number of sulfonamides is 1. The Balaban J connectivity index is 0.00000729. The summed E-state index contributed by atoms with van der Waals surface area (Å²) in [5, 5.41) is 6.50. The minimum atomic E-state index is -3.38. The Bertz CT molecular complexity index is 701. The maximum Gasteiger partial charge on any atom is 0.252 e. The van der Waals surface area contributed by atoms with Crippen LogP contribution in [0.3, 0.4) is 0 Å². The van der Waals surface area contributed by atoms with Gasteiger partial charge in [-0.3, -0.25) is 4.99 Å². The number of guanidine groups is 1. The van der Waals surface area contributed by atoms with E-state index in [1.165, 1.54) is 15.6 Å². The first kappa shape index (κ1) is 27.6. The van der Waals surface area contributed by atoms with E-state index in [1.807, 2.05) is 40.7 Å². The van der Waals surface area contributed by atoms with Gasteiger partial charge in [-0.15, -0.1) is 35.3 Å². The third-order valence-electron chi connectivity index (χ3n) is 4.12. The molecule has 0 spiro atoms. The Kier molecular flexibility index (Phi) is 12.8. The van der Waals surface area contributed by atoms with Gasteiger partial charge in [-0.1, -0.05) is 13.8 Å². The van der Waals surface area contributed by atoms with Crippen LogP contribution in [0.2, 0.25) is 0 Å². The van der Waals surface area contributed by atoms with Crippen molar-refractivity contribution in [1.82, 2.24) is 14.9 Å². The third kappa shape index (κ3) is 8.52. The summed E-state index contributed by atoms with van der Waals surface area (Å²) in [7, 11) is -1.70. The summed E-state index contributed by atoms with van der Waals surface area (Å²) in [4.78, 5) is 5.58. The van der Waals surface area contributed by atoms with E-state index >= 15 is 0 Å². The highest BCUT2D eigenvalue weighted by Crippen LogP contribution is 2.25. The van der Waals surface area contributed by atoms with Crippen LogP contribution in [0.15, 0.2) is 21.3 Å². The molecule has 0 saturated heterocycles. The topological polar surface area (TPSA) is 83.0 Å². The lowest BCUT2D eigenvalue weighted by atomic mass is 10.1. The molecule has 0 aliphatic heterocycles. The van der Waals surface area contributed by atoms with Crippen LogP contribution in [-0.4, -0.2) is 64.1 Å². The van der Waals surface area contributed by atoms with Crippen LogP contribution < -0.4 is 10.6 Å². The van der Waals surface area contributed by atoms with Gasteiger partial charge in [0.15, 0.2) is 5.96 Å². The number of nitrogens with zero attached hydrogens (tertiary/aromatic N) is 2. The number of methoxy groups -OCH3 is 1. The van der Waals surface area contributed by atoms with Crippen LogP contribution in [-0.2, 0) is 21.2 Å². The average molecular weight is 547 g/mol. The highest BCUT2D eigenvalue weighted by atomic mass is 127. The number of rotatable bonds is 11. The van der Waals surface area contributed by atoms with E-state index in [9.17, 15) is 8.42 Å². The van der Waals surface area contributed by atoms with Gasteiger partial charge < -0.3 is 15.4 Å². The Hall–Kier alpha value is -0.430. The first-order valence-corrected chi connectivity index (χ1v) is 11.6. The van der Waals surface area contributed by atoms with Gasteiger partial charge in [0.2, 0.25) is 0 Å². The molecular weight excluding hydrogens is 511 g/mol. The van der Waals surface area contributed by atoms with Crippen molar-refractivity contribution in [3.8, 4) is 0 Å². The van der Waals surface area contributed by atoms with Gasteiger partial charge in [-0.25, -0.2) is 8.42 Å². The van der Waals surface area contributed by atoms with E-state index in [-0.39, 0.29) is 29.6 Å². The molecule has 1 heterocycles. The van der Waals surface area contributed by atoms with Gasteiger partial charge in [0.05, 0.1) is 12.1 Å². The summed E-state index contributed by atoms with van der Waals surface area (Å²) in [6, 6.07) is 3.59. The molecule has 0 bridgehead atoms. The second-order valence-corrected chi connectivity index (χ2v) is 9.98. The van der Waals surface area contributed by atoms with Gasteiger partial charge in [-0.05, 0) is 39.3 Å². The van der Waals surface area contributed by atoms with Gasteiger partial charge >= 0.3 is 0 Å². The van der Waals surface area contributed by atoms with Crippen LogP contribution in [0.1, 0.15) is 39.5 Å². The molecule has 0 aliphatic rings. The molecule has 0 radical (unpaired) electrons. The Morgan fingerprint density at radius 3 is 2.39 bits per heavy atom. The number of hydrogen-bond donors (Lipinski definition) is 2. The second kappa shape index (κ2) is 13.0. The highest BCUT2D eigenvalue weighted by Gasteiger charge is 2.23. The average Bonchev–Trinajstić information content (AvgIpc) is 3.10. The van der Waals surface area contributed by atoms with Crippen LogP contribution >= 0.6 is 35.3 Å². The van der Waals surface area contributed by atoms with E-state index in [1.54, 1.807) is 13.2 Å². The third-order valence-corrected chi connectivity index (χ3v) is 7.78. The van der Waals surface area contributed by atoms with Crippen LogP contribution in [0.4, 0.5) is 0 Å². The molecule has 0 aromatic carbocycles. The molecule has 1 aromatic heterocycles. The van der Waals surface area contributed by atoms with Crippen molar-refractivity contribution < 1.29 is 13.2 Å². The molecule has 10 heteroatoms. The zero-order chi connectivity index (χ0) is 20.5. The number of nitrogens with one attached hydrogen (secondary N) is 2.